The van der Waals surface area contributed by atoms with Gasteiger partial charge in [-0.1, -0.05) is 0 Å². The largest absolute Gasteiger partial charge is 0.475 e. The Labute approximate surface area is 96.3 Å². The molecule has 0 aliphatic heterocycles. The first-order chi connectivity index (χ1) is 7.50. The third-order valence-corrected chi connectivity index (χ3v) is 2.89. The fourth-order valence-electron chi connectivity index (χ4n) is 1.24. The van der Waals surface area contributed by atoms with E-state index in [2.05, 4.69) is 5.32 Å². The van der Waals surface area contributed by atoms with E-state index < -0.39 is 16.8 Å². The minimum absolute atomic E-state index is 0.0478. The molecule has 0 saturated carbocycles. The highest BCUT2D eigenvalue weighted by atomic mass is 32.2. The molecule has 0 amide bonds. The van der Waals surface area contributed by atoms with Gasteiger partial charge in [-0.3, -0.25) is 4.21 Å². The van der Waals surface area contributed by atoms with Gasteiger partial charge in [0.05, 0.1) is 0 Å². The molecule has 6 heteroatoms. The van der Waals surface area contributed by atoms with Gasteiger partial charge in [-0.15, -0.1) is 0 Å². The number of hydrogen-bond acceptors (Lipinski definition) is 4. The van der Waals surface area contributed by atoms with Gasteiger partial charge >= 0.3 is 5.97 Å². The van der Waals surface area contributed by atoms with Crippen LogP contribution >= 0.6 is 0 Å². The molecule has 0 aromatic carbocycles. The van der Waals surface area contributed by atoms with Gasteiger partial charge < -0.3 is 14.8 Å². The first-order valence-corrected chi connectivity index (χ1v) is 6.56. The van der Waals surface area contributed by atoms with E-state index in [9.17, 15) is 9.00 Å². The van der Waals surface area contributed by atoms with Crippen LogP contribution in [0.25, 0.3) is 0 Å². The van der Waals surface area contributed by atoms with Crippen molar-refractivity contribution >= 4 is 16.8 Å². The molecule has 16 heavy (non-hydrogen) atoms. The van der Waals surface area contributed by atoms with Crippen molar-refractivity contribution in [2.75, 3.05) is 18.6 Å². The molecule has 0 aliphatic rings. The van der Waals surface area contributed by atoms with Crippen LogP contribution in [-0.4, -0.2) is 33.8 Å². The molecule has 0 aliphatic carbocycles. The van der Waals surface area contributed by atoms with Crippen molar-refractivity contribution in [1.29, 1.82) is 0 Å². The molecule has 1 aromatic heterocycles. The highest BCUT2D eigenvalue weighted by molar-refractivity contribution is 7.84. The van der Waals surface area contributed by atoms with Crippen LogP contribution in [0.15, 0.2) is 10.5 Å². The van der Waals surface area contributed by atoms with E-state index in [4.69, 9.17) is 9.52 Å². The Hall–Kier alpha value is -1.14. The van der Waals surface area contributed by atoms with Gasteiger partial charge in [-0.25, -0.2) is 4.79 Å². The van der Waals surface area contributed by atoms with E-state index in [1.807, 2.05) is 0 Å². The minimum Gasteiger partial charge on any atom is -0.475 e. The SMILES string of the molecule is Cc1oc(C(=O)O)cc1CNCCS(C)=O. The van der Waals surface area contributed by atoms with Crippen LogP contribution < -0.4 is 5.32 Å². The molecule has 1 heterocycles. The Morgan fingerprint density at radius 1 is 1.62 bits per heavy atom. The van der Waals surface area contributed by atoms with Crippen molar-refractivity contribution in [1.82, 2.24) is 5.32 Å². The molecular formula is C10H15NO4S. The number of carbonyl (C=O) groups is 1. The maximum absolute atomic E-state index is 10.8. The van der Waals surface area contributed by atoms with Gasteiger partial charge in [0.2, 0.25) is 5.76 Å². The average Bonchev–Trinajstić information content (AvgIpc) is 2.55. The Morgan fingerprint density at radius 2 is 2.31 bits per heavy atom. The van der Waals surface area contributed by atoms with Gasteiger partial charge in [0.25, 0.3) is 0 Å². The quantitative estimate of drug-likeness (QED) is 0.723. The molecule has 1 unspecified atom stereocenters. The lowest BCUT2D eigenvalue weighted by molar-refractivity contribution is 0.0661. The summed E-state index contributed by atoms with van der Waals surface area (Å²) in [7, 11) is -0.811. The summed E-state index contributed by atoms with van der Waals surface area (Å²) in [5.74, 6) is 0.0720. The second-order valence-corrected chi connectivity index (χ2v) is 5.01. The highest BCUT2D eigenvalue weighted by Crippen LogP contribution is 2.14. The van der Waals surface area contributed by atoms with Crippen molar-refractivity contribution in [3.8, 4) is 0 Å². The summed E-state index contributed by atoms with van der Waals surface area (Å²) in [6.07, 6.45) is 1.65. The van der Waals surface area contributed by atoms with Gasteiger partial charge in [0.15, 0.2) is 0 Å². The summed E-state index contributed by atoms with van der Waals surface area (Å²) < 4.78 is 15.8. The Kier molecular flexibility index (Phi) is 4.70. The molecule has 1 aromatic rings. The van der Waals surface area contributed by atoms with Crippen LogP contribution in [0.4, 0.5) is 0 Å². The molecule has 0 bridgehead atoms. The Morgan fingerprint density at radius 3 is 2.81 bits per heavy atom. The maximum atomic E-state index is 10.8. The summed E-state index contributed by atoms with van der Waals surface area (Å²) in [5, 5.41) is 11.8. The molecule has 1 rings (SSSR count). The van der Waals surface area contributed by atoms with E-state index in [1.54, 1.807) is 13.2 Å². The van der Waals surface area contributed by atoms with Crippen LogP contribution in [0.1, 0.15) is 21.9 Å². The summed E-state index contributed by atoms with van der Waals surface area (Å²) >= 11 is 0. The van der Waals surface area contributed by atoms with Gasteiger partial charge in [-0.05, 0) is 13.0 Å². The zero-order valence-corrected chi connectivity index (χ0v) is 10.1. The molecule has 2 N–H and O–H groups in total. The predicted molar refractivity (Wildman–Crippen MR) is 61.0 cm³/mol. The Bertz CT molecular complexity index is 400. The third-order valence-electron chi connectivity index (χ3n) is 2.11. The van der Waals surface area contributed by atoms with Gasteiger partial charge in [0.1, 0.15) is 5.76 Å². The molecular weight excluding hydrogens is 230 g/mol. The summed E-state index contributed by atoms with van der Waals surface area (Å²) in [6, 6.07) is 1.51. The number of carboxylic acids is 1. The molecule has 1 atom stereocenters. The van der Waals surface area contributed by atoms with E-state index in [1.165, 1.54) is 6.07 Å². The number of nitrogens with one attached hydrogen (secondary N) is 1. The fraction of sp³-hybridized carbons (Fsp3) is 0.500. The molecule has 0 radical (unpaired) electrons. The van der Waals surface area contributed by atoms with E-state index in [-0.39, 0.29) is 5.76 Å². The number of furan rings is 1. The lowest BCUT2D eigenvalue weighted by atomic mass is 10.2. The lowest BCUT2D eigenvalue weighted by Crippen LogP contribution is -2.19. The van der Waals surface area contributed by atoms with Crippen molar-refractivity contribution < 1.29 is 18.5 Å². The fourth-order valence-corrected chi connectivity index (χ4v) is 1.67. The summed E-state index contributed by atoms with van der Waals surface area (Å²) in [5.41, 5.74) is 0.819. The van der Waals surface area contributed by atoms with Crippen LogP contribution in [-0.2, 0) is 17.3 Å². The van der Waals surface area contributed by atoms with Crippen LogP contribution in [0.3, 0.4) is 0 Å². The summed E-state index contributed by atoms with van der Waals surface area (Å²) in [6.45, 7) is 2.89. The van der Waals surface area contributed by atoms with Gasteiger partial charge in [-0.2, -0.15) is 0 Å². The first kappa shape index (κ1) is 12.9. The standard InChI is InChI=1S/C10H15NO4S/c1-7-8(5-9(15-7)10(12)13)6-11-3-4-16(2)14/h5,11H,3-4,6H2,1-2H3,(H,12,13). The van der Waals surface area contributed by atoms with E-state index in [0.717, 1.165) is 5.56 Å². The topological polar surface area (TPSA) is 79.5 Å². The number of aromatic carboxylic acids is 1. The van der Waals surface area contributed by atoms with Crippen LogP contribution in [0.2, 0.25) is 0 Å². The molecule has 0 fully saturated rings. The number of hydrogen-bond donors (Lipinski definition) is 2. The maximum Gasteiger partial charge on any atom is 0.371 e. The van der Waals surface area contributed by atoms with Crippen molar-refractivity contribution in [2.24, 2.45) is 0 Å². The van der Waals surface area contributed by atoms with Crippen molar-refractivity contribution in [3.63, 3.8) is 0 Å². The average molecular weight is 245 g/mol. The van der Waals surface area contributed by atoms with Crippen LogP contribution in [0, 0.1) is 6.92 Å². The second kappa shape index (κ2) is 5.81. The Balaban J connectivity index is 2.47. The van der Waals surface area contributed by atoms with Crippen molar-refractivity contribution in [2.45, 2.75) is 13.5 Å². The zero-order chi connectivity index (χ0) is 12.1. The number of carboxylic acid groups (broad SMARTS) is 1. The smallest absolute Gasteiger partial charge is 0.371 e. The predicted octanol–water partition coefficient (Wildman–Crippen LogP) is 0.754. The molecule has 5 nitrogen and oxygen atoms in total. The summed E-state index contributed by atoms with van der Waals surface area (Å²) in [4.78, 5) is 10.6. The normalized spacial score (nSPS) is 12.6. The molecule has 0 saturated heterocycles. The van der Waals surface area contributed by atoms with E-state index >= 15 is 0 Å². The number of aryl methyl sites for hydroxylation is 1. The van der Waals surface area contributed by atoms with E-state index in [0.29, 0.717) is 24.6 Å². The van der Waals surface area contributed by atoms with Crippen LogP contribution in [0.5, 0.6) is 0 Å². The molecule has 90 valence electrons. The monoisotopic (exact) mass is 245 g/mol. The third kappa shape index (κ3) is 3.79. The first-order valence-electron chi connectivity index (χ1n) is 4.84. The molecule has 0 spiro atoms. The lowest BCUT2D eigenvalue weighted by Gasteiger charge is -2.01. The highest BCUT2D eigenvalue weighted by Gasteiger charge is 2.12. The van der Waals surface area contributed by atoms with Crippen molar-refractivity contribution in [3.05, 3.63) is 23.2 Å². The zero-order valence-electron chi connectivity index (χ0n) is 9.28. The van der Waals surface area contributed by atoms with Gasteiger partial charge in [0, 0.05) is 41.5 Å². The minimum atomic E-state index is -1.07. The second-order valence-electron chi connectivity index (χ2n) is 3.45. The number of rotatable bonds is 6.